The first-order valence-corrected chi connectivity index (χ1v) is 6.26. The first-order chi connectivity index (χ1) is 9.78. The number of benzene rings is 1. The number of nitrogens with one attached hydrogen (secondary N) is 1. The summed E-state index contributed by atoms with van der Waals surface area (Å²) in [6, 6.07) is 3.72. The molecule has 2 rings (SSSR count). The van der Waals surface area contributed by atoms with E-state index in [0.29, 0.717) is 24.2 Å². The number of carboxylic acids is 1. The zero-order valence-corrected chi connectivity index (χ0v) is 10.9. The van der Waals surface area contributed by atoms with Gasteiger partial charge in [-0.1, -0.05) is 0 Å². The molecule has 0 aliphatic carbocycles. The first kappa shape index (κ1) is 15.1. The van der Waals surface area contributed by atoms with Gasteiger partial charge in [-0.15, -0.1) is 0 Å². The predicted octanol–water partition coefficient (Wildman–Crippen LogP) is 2.41. The van der Waals surface area contributed by atoms with E-state index in [4.69, 9.17) is 5.11 Å². The Morgan fingerprint density at radius 1 is 1.33 bits per heavy atom. The number of aromatic carboxylic acids is 1. The molecule has 8 heteroatoms. The minimum atomic E-state index is -4.31. The van der Waals surface area contributed by atoms with Crippen LogP contribution < -0.4 is 10.2 Å². The van der Waals surface area contributed by atoms with Crippen molar-refractivity contribution in [3.63, 3.8) is 0 Å². The zero-order valence-electron chi connectivity index (χ0n) is 10.9. The number of amides is 2. The second kappa shape index (κ2) is 5.63. The average molecular weight is 302 g/mol. The molecule has 2 amide bonds. The van der Waals surface area contributed by atoms with Gasteiger partial charge in [-0.05, 0) is 30.2 Å². The lowest BCUT2D eigenvalue weighted by Crippen LogP contribution is -2.40. The number of nitrogens with zero attached hydrogens (tertiary/aromatic N) is 1. The maximum atomic E-state index is 12.0. The third kappa shape index (κ3) is 3.65. The highest BCUT2D eigenvalue weighted by atomic mass is 19.4. The fourth-order valence-corrected chi connectivity index (χ4v) is 2.15. The fourth-order valence-electron chi connectivity index (χ4n) is 2.15. The van der Waals surface area contributed by atoms with Crippen molar-refractivity contribution in [1.29, 1.82) is 0 Å². The van der Waals surface area contributed by atoms with Crippen LogP contribution >= 0.6 is 0 Å². The van der Waals surface area contributed by atoms with E-state index >= 15 is 0 Å². The molecule has 1 heterocycles. The molecular formula is C13H13F3N2O3. The molecule has 0 radical (unpaired) electrons. The lowest BCUT2D eigenvalue weighted by atomic mass is 10.1. The van der Waals surface area contributed by atoms with E-state index < -0.39 is 31.1 Å². The molecule has 2 N–H and O–H groups in total. The molecule has 0 saturated heterocycles. The number of rotatable bonds is 3. The highest BCUT2D eigenvalue weighted by molar-refractivity contribution is 5.95. The molecule has 0 aromatic heterocycles. The molecule has 0 bridgehead atoms. The smallest absolute Gasteiger partial charge is 0.390 e. The Balaban J connectivity index is 2.02. The third-order valence-electron chi connectivity index (χ3n) is 3.15. The summed E-state index contributed by atoms with van der Waals surface area (Å²) < 4.78 is 36.1. The number of urea groups is 1. The van der Waals surface area contributed by atoms with Crippen molar-refractivity contribution < 1.29 is 27.9 Å². The van der Waals surface area contributed by atoms with E-state index in [1.165, 1.54) is 23.1 Å². The molecule has 5 nitrogen and oxygen atoms in total. The number of fused-ring (bicyclic) bond motifs is 1. The van der Waals surface area contributed by atoms with Crippen LogP contribution in [-0.4, -0.2) is 36.4 Å². The molecule has 1 aliphatic rings. The molecule has 0 saturated carbocycles. The van der Waals surface area contributed by atoms with Crippen LogP contribution in [0.5, 0.6) is 0 Å². The highest BCUT2D eigenvalue weighted by Crippen LogP contribution is 2.29. The number of hydrogen-bond donors (Lipinski definition) is 2. The Bertz CT molecular complexity index is 572. The topological polar surface area (TPSA) is 69.6 Å². The summed E-state index contributed by atoms with van der Waals surface area (Å²) in [5, 5.41) is 11.1. The molecule has 0 unspecified atom stereocenters. The van der Waals surface area contributed by atoms with Crippen molar-refractivity contribution in [2.24, 2.45) is 0 Å². The monoisotopic (exact) mass is 302 g/mol. The van der Waals surface area contributed by atoms with Crippen LogP contribution in [0.25, 0.3) is 0 Å². The normalized spacial score (nSPS) is 14.0. The average Bonchev–Trinajstić information content (AvgIpc) is 2.79. The lowest BCUT2D eigenvalue weighted by Gasteiger charge is -2.18. The van der Waals surface area contributed by atoms with Crippen LogP contribution in [0.2, 0.25) is 0 Å². The molecule has 0 spiro atoms. The van der Waals surface area contributed by atoms with Crippen molar-refractivity contribution >= 4 is 17.7 Å². The van der Waals surface area contributed by atoms with E-state index in [1.54, 1.807) is 0 Å². The number of carbonyl (C=O) groups excluding carboxylic acids is 1. The molecule has 1 aromatic rings. The maximum Gasteiger partial charge on any atom is 0.390 e. The summed E-state index contributed by atoms with van der Waals surface area (Å²) in [7, 11) is 0. The minimum Gasteiger partial charge on any atom is -0.478 e. The van der Waals surface area contributed by atoms with E-state index in [0.717, 1.165) is 0 Å². The highest BCUT2D eigenvalue weighted by Gasteiger charge is 2.29. The van der Waals surface area contributed by atoms with Gasteiger partial charge in [-0.2, -0.15) is 13.2 Å². The number of halogens is 3. The molecular weight excluding hydrogens is 289 g/mol. The molecule has 1 aliphatic heterocycles. The van der Waals surface area contributed by atoms with Crippen molar-refractivity contribution in [2.45, 2.75) is 19.0 Å². The number of carbonyl (C=O) groups is 2. The number of carboxylic acid groups (broad SMARTS) is 1. The molecule has 1 aromatic carbocycles. The van der Waals surface area contributed by atoms with Gasteiger partial charge < -0.3 is 10.4 Å². The Morgan fingerprint density at radius 2 is 2.05 bits per heavy atom. The summed E-state index contributed by atoms with van der Waals surface area (Å²) in [6.45, 7) is -0.169. The van der Waals surface area contributed by atoms with Crippen LogP contribution in [0, 0.1) is 0 Å². The van der Waals surface area contributed by atoms with Gasteiger partial charge in [0.2, 0.25) is 0 Å². The second-order valence-electron chi connectivity index (χ2n) is 4.65. The number of hydrogen-bond acceptors (Lipinski definition) is 2. The summed E-state index contributed by atoms with van der Waals surface area (Å²) in [6.07, 6.45) is -4.92. The van der Waals surface area contributed by atoms with E-state index in [-0.39, 0.29) is 5.56 Å². The first-order valence-electron chi connectivity index (χ1n) is 6.26. The van der Waals surface area contributed by atoms with Crippen LogP contribution in [0.3, 0.4) is 0 Å². The van der Waals surface area contributed by atoms with Crippen LogP contribution in [0.4, 0.5) is 23.7 Å². The van der Waals surface area contributed by atoms with Crippen LogP contribution in [0.1, 0.15) is 22.3 Å². The van der Waals surface area contributed by atoms with Gasteiger partial charge in [0.15, 0.2) is 0 Å². The van der Waals surface area contributed by atoms with E-state index in [1.807, 2.05) is 0 Å². The zero-order chi connectivity index (χ0) is 15.6. The molecule has 0 atom stereocenters. The maximum absolute atomic E-state index is 12.0. The van der Waals surface area contributed by atoms with Crippen LogP contribution in [-0.2, 0) is 6.42 Å². The summed E-state index contributed by atoms with van der Waals surface area (Å²) in [4.78, 5) is 24.0. The van der Waals surface area contributed by atoms with E-state index in [2.05, 4.69) is 5.32 Å². The molecule has 21 heavy (non-hydrogen) atoms. The van der Waals surface area contributed by atoms with Crippen molar-refractivity contribution in [3.05, 3.63) is 29.3 Å². The SMILES string of the molecule is O=C(O)c1ccc2c(c1)CCN2C(=O)NCCC(F)(F)F. The Labute approximate surface area is 118 Å². The third-order valence-corrected chi connectivity index (χ3v) is 3.15. The van der Waals surface area contributed by atoms with Crippen molar-refractivity contribution in [2.75, 3.05) is 18.0 Å². The fraction of sp³-hybridized carbons (Fsp3) is 0.385. The lowest BCUT2D eigenvalue weighted by molar-refractivity contribution is -0.132. The van der Waals surface area contributed by atoms with Gasteiger partial charge in [-0.3, -0.25) is 4.90 Å². The quantitative estimate of drug-likeness (QED) is 0.901. The van der Waals surface area contributed by atoms with Crippen molar-refractivity contribution in [1.82, 2.24) is 5.32 Å². The Kier molecular flexibility index (Phi) is 4.06. The summed E-state index contributed by atoms with van der Waals surface area (Å²) in [5.74, 6) is -1.06. The minimum absolute atomic E-state index is 0.119. The Hall–Kier alpha value is -2.25. The van der Waals surface area contributed by atoms with Crippen molar-refractivity contribution in [3.8, 4) is 0 Å². The molecule has 0 fully saturated rings. The largest absolute Gasteiger partial charge is 0.478 e. The second-order valence-corrected chi connectivity index (χ2v) is 4.65. The van der Waals surface area contributed by atoms with Gasteiger partial charge >= 0.3 is 18.2 Å². The van der Waals surface area contributed by atoms with Gasteiger partial charge in [0.1, 0.15) is 0 Å². The summed E-state index contributed by atoms with van der Waals surface area (Å²) >= 11 is 0. The van der Waals surface area contributed by atoms with E-state index in [9.17, 15) is 22.8 Å². The Morgan fingerprint density at radius 3 is 2.67 bits per heavy atom. The predicted molar refractivity (Wildman–Crippen MR) is 68.5 cm³/mol. The number of alkyl halides is 3. The standard InChI is InChI=1S/C13H13F3N2O3/c14-13(15,16)4-5-17-12(21)18-6-3-8-7-9(11(19)20)1-2-10(8)18/h1-2,7H,3-6H2,(H,17,21)(H,19,20). The van der Waals surface area contributed by atoms with Gasteiger partial charge in [0.05, 0.1) is 12.0 Å². The van der Waals surface area contributed by atoms with Gasteiger partial charge in [0, 0.05) is 18.8 Å². The van der Waals surface area contributed by atoms with Gasteiger partial charge in [-0.25, -0.2) is 9.59 Å². The van der Waals surface area contributed by atoms with Crippen LogP contribution in [0.15, 0.2) is 18.2 Å². The molecule has 114 valence electrons. The summed E-state index contributed by atoms with van der Waals surface area (Å²) in [5.41, 5.74) is 1.35. The number of anilines is 1. The van der Waals surface area contributed by atoms with Gasteiger partial charge in [0.25, 0.3) is 0 Å².